The lowest BCUT2D eigenvalue weighted by Crippen LogP contribution is -2.22. The zero-order chi connectivity index (χ0) is 14.5. The zero-order valence-electron chi connectivity index (χ0n) is 11.0. The van der Waals surface area contributed by atoms with Gasteiger partial charge >= 0.3 is 0 Å². The van der Waals surface area contributed by atoms with Crippen molar-refractivity contribution in [2.45, 2.75) is 13.3 Å². The second-order valence-corrected chi connectivity index (χ2v) is 4.34. The Bertz CT molecular complexity index is 618. The van der Waals surface area contributed by atoms with Crippen LogP contribution in [-0.4, -0.2) is 11.7 Å². The fraction of sp³-hybridized carbons (Fsp3) is 0.125. The van der Waals surface area contributed by atoms with E-state index in [4.69, 9.17) is 0 Å². The largest absolute Gasteiger partial charge is 0.319 e. The number of nitrogens with one attached hydrogen (secondary N) is 1. The SMILES string of the molecule is CCc1ccc(C(=O)C(=O)Nc2ccc(F)cc2)cc1. The maximum absolute atomic E-state index is 12.7. The summed E-state index contributed by atoms with van der Waals surface area (Å²) < 4.78 is 12.7. The topological polar surface area (TPSA) is 46.2 Å². The van der Waals surface area contributed by atoms with Crippen LogP contribution in [-0.2, 0) is 11.2 Å². The van der Waals surface area contributed by atoms with Gasteiger partial charge in [0.2, 0.25) is 0 Å². The van der Waals surface area contributed by atoms with Crippen LogP contribution in [0.25, 0.3) is 0 Å². The van der Waals surface area contributed by atoms with Gasteiger partial charge in [0, 0.05) is 11.3 Å². The molecule has 3 nitrogen and oxygen atoms in total. The van der Waals surface area contributed by atoms with Gasteiger partial charge in [-0.1, -0.05) is 31.2 Å². The molecule has 0 spiro atoms. The summed E-state index contributed by atoms with van der Waals surface area (Å²) >= 11 is 0. The molecule has 0 unspecified atom stereocenters. The van der Waals surface area contributed by atoms with Crippen LogP contribution in [0.15, 0.2) is 48.5 Å². The number of amides is 1. The van der Waals surface area contributed by atoms with Crippen LogP contribution in [0.2, 0.25) is 0 Å². The smallest absolute Gasteiger partial charge is 0.296 e. The Morgan fingerprint density at radius 1 is 1.00 bits per heavy atom. The molecule has 0 saturated carbocycles. The average Bonchev–Trinajstić information content (AvgIpc) is 2.49. The van der Waals surface area contributed by atoms with Crippen molar-refractivity contribution in [3.8, 4) is 0 Å². The number of Topliss-reactive ketones (excluding diaryl/α,β-unsaturated/α-hetero) is 1. The van der Waals surface area contributed by atoms with Gasteiger partial charge in [-0.2, -0.15) is 0 Å². The van der Waals surface area contributed by atoms with E-state index in [0.29, 0.717) is 11.3 Å². The molecule has 2 aromatic rings. The number of carbonyl (C=O) groups excluding carboxylic acids is 2. The van der Waals surface area contributed by atoms with Gasteiger partial charge in [-0.05, 0) is 36.2 Å². The van der Waals surface area contributed by atoms with Crippen LogP contribution >= 0.6 is 0 Å². The number of carbonyl (C=O) groups is 2. The van der Waals surface area contributed by atoms with Crippen molar-refractivity contribution in [2.24, 2.45) is 0 Å². The number of halogens is 1. The molecule has 102 valence electrons. The van der Waals surface area contributed by atoms with Gasteiger partial charge in [0.05, 0.1) is 0 Å². The number of hydrogen-bond acceptors (Lipinski definition) is 2. The first kappa shape index (κ1) is 13.9. The highest BCUT2D eigenvalue weighted by Gasteiger charge is 2.16. The summed E-state index contributed by atoms with van der Waals surface area (Å²) in [5.41, 5.74) is 1.82. The molecular formula is C16H14FNO2. The molecule has 0 heterocycles. The number of anilines is 1. The fourth-order valence-electron chi connectivity index (χ4n) is 1.74. The minimum Gasteiger partial charge on any atom is -0.319 e. The highest BCUT2D eigenvalue weighted by atomic mass is 19.1. The van der Waals surface area contributed by atoms with Crippen molar-refractivity contribution in [1.82, 2.24) is 0 Å². The Labute approximate surface area is 116 Å². The highest BCUT2D eigenvalue weighted by molar-refractivity contribution is 6.46. The summed E-state index contributed by atoms with van der Waals surface area (Å²) in [6.07, 6.45) is 0.871. The van der Waals surface area contributed by atoms with E-state index in [1.54, 1.807) is 12.1 Å². The summed E-state index contributed by atoms with van der Waals surface area (Å²) in [5.74, 6) is -1.75. The van der Waals surface area contributed by atoms with Crippen molar-refractivity contribution in [3.63, 3.8) is 0 Å². The maximum Gasteiger partial charge on any atom is 0.296 e. The Kier molecular flexibility index (Phi) is 4.25. The zero-order valence-corrected chi connectivity index (χ0v) is 11.0. The second-order valence-electron chi connectivity index (χ2n) is 4.34. The molecule has 1 amide bonds. The van der Waals surface area contributed by atoms with Crippen molar-refractivity contribution in [3.05, 3.63) is 65.5 Å². The average molecular weight is 271 g/mol. The molecule has 0 aliphatic heterocycles. The minimum absolute atomic E-state index is 0.335. The molecule has 0 atom stereocenters. The minimum atomic E-state index is -0.735. The third-order valence-corrected chi connectivity index (χ3v) is 2.93. The number of hydrogen-bond donors (Lipinski definition) is 1. The van der Waals surface area contributed by atoms with Crippen molar-refractivity contribution >= 4 is 17.4 Å². The predicted molar refractivity (Wildman–Crippen MR) is 75.2 cm³/mol. The Balaban J connectivity index is 2.07. The van der Waals surface area contributed by atoms with E-state index in [2.05, 4.69) is 5.32 Å². The molecule has 4 heteroatoms. The first-order valence-electron chi connectivity index (χ1n) is 6.30. The van der Waals surface area contributed by atoms with Crippen molar-refractivity contribution in [2.75, 3.05) is 5.32 Å². The molecule has 2 aromatic carbocycles. The van der Waals surface area contributed by atoms with E-state index in [9.17, 15) is 14.0 Å². The van der Waals surface area contributed by atoms with Crippen LogP contribution in [0, 0.1) is 5.82 Å². The molecule has 1 N–H and O–H groups in total. The van der Waals surface area contributed by atoms with Crippen LogP contribution < -0.4 is 5.32 Å². The highest BCUT2D eigenvalue weighted by Crippen LogP contribution is 2.10. The monoisotopic (exact) mass is 271 g/mol. The molecule has 0 aromatic heterocycles. The van der Waals surface area contributed by atoms with Crippen LogP contribution in [0.3, 0.4) is 0 Å². The quantitative estimate of drug-likeness (QED) is 0.685. The third kappa shape index (κ3) is 3.29. The molecule has 0 aliphatic carbocycles. The van der Waals surface area contributed by atoms with Gasteiger partial charge in [-0.15, -0.1) is 0 Å². The molecule has 0 bridgehead atoms. The summed E-state index contributed by atoms with van der Waals surface area (Å²) in [6.45, 7) is 2.01. The molecule has 20 heavy (non-hydrogen) atoms. The Morgan fingerprint density at radius 2 is 1.60 bits per heavy atom. The first-order valence-corrected chi connectivity index (χ1v) is 6.30. The van der Waals surface area contributed by atoms with Crippen molar-refractivity contribution in [1.29, 1.82) is 0 Å². The summed E-state index contributed by atoms with van der Waals surface area (Å²) in [4.78, 5) is 23.7. The summed E-state index contributed by atoms with van der Waals surface area (Å²) in [5, 5.41) is 2.44. The molecule has 0 radical (unpaired) electrons. The maximum atomic E-state index is 12.7. The number of ketones is 1. The van der Waals surface area contributed by atoms with Gasteiger partial charge in [0.25, 0.3) is 11.7 Å². The second kappa shape index (κ2) is 6.10. The first-order chi connectivity index (χ1) is 9.60. The summed E-state index contributed by atoms with van der Waals surface area (Å²) in [7, 11) is 0. The fourth-order valence-corrected chi connectivity index (χ4v) is 1.74. The van der Waals surface area contributed by atoms with E-state index in [0.717, 1.165) is 12.0 Å². The lowest BCUT2D eigenvalue weighted by atomic mass is 10.1. The third-order valence-electron chi connectivity index (χ3n) is 2.93. The standard InChI is InChI=1S/C16H14FNO2/c1-2-11-3-5-12(6-4-11)15(19)16(20)18-14-9-7-13(17)8-10-14/h3-10H,2H2,1H3,(H,18,20). The number of aryl methyl sites for hydroxylation is 1. The van der Waals surface area contributed by atoms with Gasteiger partial charge in [0.15, 0.2) is 0 Å². The van der Waals surface area contributed by atoms with E-state index >= 15 is 0 Å². The Hall–Kier alpha value is -2.49. The predicted octanol–water partition coefficient (Wildman–Crippen LogP) is 3.21. The molecular weight excluding hydrogens is 257 g/mol. The Morgan fingerprint density at radius 3 is 2.15 bits per heavy atom. The van der Waals surface area contributed by atoms with E-state index in [-0.39, 0.29) is 0 Å². The van der Waals surface area contributed by atoms with Crippen LogP contribution in [0.1, 0.15) is 22.8 Å². The van der Waals surface area contributed by atoms with E-state index in [1.807, 2.05) is 19.1 Å². The van der Waals surface area contributed by atoms with Gasteiger partial charge in [-0.3, -0.25) is 9.59 Å². The van der Waals surface area contributed by atoms with Gasteiger partial charge < -0.3 is 5.32 Å². The van der Waals surface area contributed by atoms with Gasteiger partial charge in [-0.25, -0.2) is 4.39 Å². The normalized spacial score (nSPS) is 10.1. The van der Waals surface area contributed by atoms with Crippen molar-refractivity contribution < 1.29 is 14.0 Å². The van der Waals surface area contributed by atoms with Crippen LogP contribution in [0.5, 0.6) is 0 Å². The van der Waals surface area contributed by atoms with E-state index < -0.39 is 17.5 Å². The number of benzene rings is 2. The molecule has 2 rings (SSSR count). The van der Waals surface area contributed by atoms with Crippen LogP contribution in [0.4, 0.5) is 10.1 Å². The molecule has 0 aliphatic rings. The summed E-state index contributed by atoms with van der Waals surface area (Å²) in [6, 6.07) is 12.1. The lowest BCUT2D eigenvalue weighted by Gasteiger charge is -2.05. The number of rotatable bonds is 4. The van der Waals surface area contributed by atoms with Gasteiger partial charge in [0.1, 0.15) is 5.82 Å². The lowest BCUT2D eigenvalue weighted by molar-refractivity contribution is -0.112. The molecule has 0 saturated heterocycles. The van der Waals surface area contributed by atoms with E-state index in [1.165, 1.54) is 24.3 Å². The molecule has 0 fully saturated rings.